The van der Waals surface area contributed by atoms with Crippen LogP contribution in [0.2, 0.25) is 0 Å². The summed E-state index contributed by atoms with van der Waals surface area (Å²) in [5.41, 5.74) is 0.0791. The smallest absolute Gasteiger partial charge is 0.245 e. The number of carbonyl (C=O) groups excluding carboxylic acids is 1. The molecule has 1 aromatic rings. The van der Waals surface area contributed by atoms with Crippen molar-refractivity contribution in [3.8, 4) is 0 Å². The average Bonchev–Trinajstić information content (AvgIpc) is 2.55. The van der Waals surface area contributed by atoms with Crippen LogP contribution in [-0.2, 0) is 14.8 Å². The van der Waals surface area contributed by atoms with Gasteiger partial charge in [-0.25, -0.2) is 12.7 Å². The predicted molar refractivity (Wildman–Crippen MR) is 101 cm³/mol. The lowest BCUT2D eigenvalue weighted by atomic mass is 9.86. The Kier molecular flexibility index (Phi) is 6.46. The van der Waals surface area contributed by atoms with E-state index in [0.29, 0.717) is 32.4 Å². The maximum atomic E-state index is 12.9. The second-order valence-corrected chi connectivity index (χ2v) is 9.00. The topological polar surface area (TPSA) is 78.5 Å². The molecular weight excluding hydrogens is 338 g/mol. The van der Waals surface area contributed by atoms with Gasteiger partial charge < -0.3 is 10.6 Å². The lowest BCUT2D eigenvalue weighted by molar-refractivity contribution is -0.127. The summed E-state index contributed by atoms with van der Waals surface area (Å²) < 4.78 is 26.1. The maximum absolute atomic E-state index is 12.9. The molecule has 0 bridgehead atoms. The summed E-state index contributed by atoms with van der Waals surface area (Å²) in [6, 6.07) is 9.62. The van der Waals surface area contributed by atoms with Gasteiger partial charge in [-0.2, -0.15) is 0 Å². The maximum Gasteiger partial charge on any atom is 0.245 e. The summed E-state index contributed by atoms with van der Waals surface area (Å²) in [4.78, 5) is 12.9. The Morgan fingerprint density at radius 3 is 2.32 bits per heavy atom. The summed E-state index contributed by atoms with van der Waals surface area (Å²) in [6.07, 6.45) is 1.49. The van der Waals surface area contributed by atoms with Crippen molar-refractivity contribution in [1.82, 2.24) is 9.62 Å². The summed E-state index contributed by atoms with van der Waals surface area (Å²) >= 11 is 0. The molecule has 0 saturated carbocycles. The number of rotatable bonds is 7. The Hall–Kier alpha value is -1.60. The number of amides is 1. The molecule has 140 valence electrons. The number of anilines is 1. The third-order valence-corrected chi connectivity index (χ3v) is 6.52. The molecule has 0 aromatic heterocycles. The molecule has 0 aliphatic carbocycles. The van der Waals surface area contributed by atoms with Crippen molar-refractivity contribution in [2.45, 2.75) is 51.6 Å². The summed E-state index contributed by atoms with van der Waals surface area (Å²) in [5.74, 6) is 0.0866. The number of hydrogen-bond donors (Lipinski definition) is 2. The first-order valence-corrected chi connectivity index (χ1v) is 10.5. The van der Waals surface area contributed by atoms with Crippen LogP contribution in [0.15, 0.2) is 30.3 Å². The van der Waals surface area contributed by atoms with Crippen molar-refractivity contribution >= 4 is 21.6 Å². The van der Waals surface area contributed by atoms with Gasteiger partial charge in [0.1, 0.15) is 5.54 Å². The van der Waals surface area contributed by atoms with E-state index in [1.54, 1.807) is 0 Å². The van der Waals surface area contributed by atoms with Crippen molar-refractivity contribution in [2.75, 3.05) is 24.2 Å². The quantitative estimate of drug-likeness (QED) is 0.774. The number of piperidine rings is 1. The highest BCUT2D eigenvalue weighted by molar-refractivity contribution is 7.89. The largest absolute Gasteiger partial charge is 0.371 e. The van der Waals surface area contributed by atoms with E-state index in [9.17, 15) is 13.2 Å². The fraction of sp³-hybridized carbons (Fsp3) is 0.611. The van der Waals surface area contributed by atoms with Gasteiger partial charge in [-0.3, -0.25) is 4.79 Å². The summed E-state index contributed by atoms with van der Waals surface area (Å²) in [5, 5.41) is 6.35. The first-order chi connectivity index (χ1) is 11.8. The lowest BCUT2D eigenvalue weighted by Crippen LogP contribution is -2.60. The minimum atomic E-state index is -3.23. The van der Waals surface area contributed by atoms with Gasteiger partial charge in [0.2, 0.25) is 15.9 Å². The number of hydrogen-bond acceptors (Lipinski definition) is 4. The van der Waals surface area contributed by atoms with E-state index < -0.39 is 15.6 Å². The van der Waals surface area contributed by atoms with Crippen LogP contribution in [0.4, 0.5) is 5.69 Å². The molecule has 2 N–H and O–H groups in total. The molecule has 1 aliphatic rings. The van der Waals surface area contributed by atoms with Crippen molar-refractivity contribution in [2.24, 2.45) is 0 Å². The lowest BCUT2D eigenvalue weighted by Gasteiger charge is -2.41. The molecule has 0 atom stereocenters. The van der Waals surface area contributed by atoms with Gasteiger partial charge in [-0.1, -0.05) is 25.1 Å². The van der Waals surface area contributed by atoms with E-state index in [1.165, 1.54) is 4.31 Å². The van der Waals surface area contributed by atoms with Crippen LogP contribution in [0, 0.1) is 0 Å². The van der Waals surface area contributed by atoms with Crippen LogP contribution in [0.1, 0.15) is 40.0 Å². The molecule has 1 aliphatic heterocycles. The van der Waals surface area contributed by atoms with Crippen LogP contribution >= 0.6 is 0 Å². The van der Waals surface area contributed by atoms with E-state index in [2.05, 4.69) is 10.6 Å². The van der Waals surface area contributed by atoms with Crippen LogP contribution in [0.25, 0.3) is 0 Å². The molecule has 2 rings (SSSR count). The number of nitrogens with one attached hydrogen (secondary N) is 2. The Morgan fingerprint density at radius 2 is 1.80 bits per heavy atom. The number of para-hydroxylation sites is 1. The highest BCUT2D eigenvalue weighted by Gasteiger charge is 2.43. The molecule has 25 heavy (non-hydrogen) atoms. The van der Waals surface area contributed by atoms with Gasteiger partial charge in [0.05, 0.1) is 5.75 Å². The van der Waals surface area contributed by atoms with E-state index in [-0.39, 0.29) is 17.7 Å². The number of nitrogens with zero attached hydrogens (tertiary/aromatic N) is 1. The second-order valence-electron chi connectivity index (χ2n) is 6.92. The molecular formula is C18H29N3O3S. The van der Waals surface area contributed by atoms with Crippen LogP contribution in [0.5, 0.6) is 0 Å². The zero-order valence-corrected chi connectivity index (χ0v) is 16.1. The zero-order valence-electron chi connectivity index (χ0n) is 15.3. The number of benzene rings is 1. The first kappa shape index (κ1) is 19.7. The number of sulfonamides is 1. The summed E-state index contributed by atoms with van der Waals surface area (Å²) in [7, 11) is -3.23. The van der Waals surface area contributed by atoms with Gasteiger partial charge in [-0.15, -0.1) is 0 Å². The van der Waals surface area contributed by atoms with Crippen molar-refractivity contribution in [3.05, 3.63) is 30.3 Å². The molecule has 0 spiro atoms. The van der Waals surface area contributed by atoms with Crippen LogP contribution < -0.4 is 10.6 Å². The summed E-state index contributed by atoms with van der Waals surface area (Å²) in [6.45, 7) is 6.42. The molecule has 1 heterocycles. The standard InChI is InChI=1S/C18H29N3O3S/c1-4-14-25(23,24)21-12-10-18(11-13-21,17(22)19-15(2)3)20-16-8-6-5-7-9-16/h5-9,15,20H,4,10-14H2,1-3H3,(H,19,22). The van der Waals surface area contributed by atoms with E-state index in [4.69, 9.17) is 0 Å². The van der Waals surface area contributed by atoms with Gasteiger partial charge in [0, 0.05) is 24.8 Å². The third kappa shape index (κ3) is 4.95. The fourth-order valence-electron chi connectivity index (χ4n) is 3.14. The molecule has 1 saturated heterocycles. The minimum Gasteiger partial charge on any atom is -0.371 e. The average molecular weight is 368 g/mol. The normalized spacial score (nSPS) is 18.1. The number of carbonyl (C=O) groups is 1. The fourth-order valence-corrected chi connectivity index (χ4v) is 4.65. The molecule has 1 fully saturated rings. The van der Waals surface area contributed by atoms with Crippen LogP contribution in [-0.4, -0.2) is 49.1 Å². The predicted octanol–water partition coefficient (Wildman–Crippen LogP) is 2.20. The molecule has 0 radical (unpaired) electrons. The molecule has 7 heteroatoms. The SMILES string of the molecule is CCCS(=O)(=O)N1CCC(Nc2ccccc2)(C(=O)NC(C)C)CC1. The molecule has 1 aromatic carbocycles. The minimum absolute atomic E-state index is 0.0313. The van der Waals surface area contributed by atoms with Gasteiger partial charge in [-0.05, 0) is 45.2 Å². The van der Waals surface area contributed by atoms with Crippen molar-refractivity contribution in [3.63, 3.8) is 0 Å². The highest BCUT2D eigenvalue weighted by atomic mass is 32.2. The highest BCUT2D eigenvalue weighted by Crippen LogP contribution is 2.29. The van der Waals surface area contributed by atoms with Gasteiger partial charge >= 0.3 is 0 Å². The van der Waals surface area contributed by atoms with E-state index in [0.717, 1.165) is 5.69 Å². The molecule has 6 nitrogen and oxygen atoms in total. The van der Waals surface area contributed by atoms with E-state index >= 15 is 0 Å². The molecule has 0 unspecified atom stereocenters. The van der Waals surface area contributed by atoms with Gasteiger partial charge in [0.15, 0.2) is 0 Å². The van der Waals surface area contributed by atoms with Crippen molar-refractivity contribution < 1.29 is 13.2 Å². The van der Waals surface area contributed by atoms with Crippen molar-refractivity contribution in [1.29, 1.82) is 0 Å². The molecule has 1 amide bonds. The Balaban J connectivity index is 2.19. The van der Waals surface area contributed by atoms with Gasteiger partial charge in [0.25, 0.3) is 0 Å². The Bertz CT molecular complexity index is 666. The van der Waals surface area contributed by atoms with Crippen LogP contribution in [0.3, 0.4) is 0 Å². The first-order valence-electron chi connectivity index (χ1n) is 8.91. The third-order valence-electron chi connectivity index (χ3n) is 4.44. The monoisotopic (exact) mass is 367 g/mol. The van der Waals surface area contributed by atoms with E-state index in [1.807, 2.05) is 51.1 Å². The second kappa shape index (κ2) is 8.19. The zero-order chi connectivity index (χ0) is 18.5. The Morgan fingerprint density at radius 1 is 1.20 bits per heavy atom. The Labute approximate surface area is 151 Å².